The topological polar surface area (TPSA) is 102 Å². The van der Waals surface area contributed by atoms with E-state index in [1.165, 1.54) is 37.4 Å². The summed E-state index contributed by atoms with van der Waals surface area (Å²) in [6.07, 6.45) is 0. The minimum Gasteiger partial charge on any atom is -0.465 e. The number of hydrogen-bond acceptors (Lipinski definition) is 5. The van der Waals surface area contributed by atoms with Gasteiger partial charge in [0.2, 0.25) is 0 Å². The van der Waals surface area contributed by atoms with E-state index < -0.39 is 21.9 Å². The Hall–Kier alpha value is -3.65. The van der Waals surface area contributed by atoms with E-state index in [4.69, 9.17) is 4.74 Å². The molecule has 0 saturated heterocycles. The first kappa shape index (κ1) is 22.0. The molecule has 0 aliphatic rings. The van der Waals surface area contributed by atoms with E-state index in [1.54, 1.807) is 24.3 Å². The summed E-state index contributed by atoms with van der Waals surface area (Å²) in [4.78, 5) is 24.6. The Morgan fingerprint density at radius 3 is 2.32 bits per heavy atom. The minimum atomic E-state index is -3.91. The lowest BCUT2D eigenvalue weighted by atomic mass is 10.1. The average Bonchev–Trinajstić information content (AvgIpc) is 2.75. The van der Waals surface area contributed by atoms with Crippen LogP contribution in [0.2, 0.25) is 0 Å². The molecule has 0 heterocycles. The van der Waals surface area contributed by atoms with Crippen molar-refractivity contribution >= 4 is 33.3 Å². The maximum absolute atomic E-state index is 12.9. The Kier molecular flexibility index (Phi) is 6.41. The zero-order chi connectivity index (χ0) is 22.6. The Morgan fingerprint density at radius 2 is 1.61 bits per heavy atom. The predicted octanol–water partition coefficient (Wildman–Crippen LogP) is 4.14. The number of para-hydroxylation sites is 1. The van der Waals surface area contributed by atoms with Gasteiger partial charge in [-0.05, 0) is 55.8 Å². The van der Waals surface area contributed by atoms with E-state index in [-0.39, 0.29) is 21.7 Å². The van der Waals surface area contributed by atoms with Gasteiger partial charge in [0.1, 0.15) is 0 Å². The quantitative estimate of drug-likeness (QED) is 0.563. The van der Waals surface area contributed by atoms with Crippen molar-refractivity contribution in [2.75, 3.05) is 17.1 Å². The number of aryl methyl sites for hydroxylation is 2. The van der Waals surface area contributed by atoms with Gasteiger partial charge in [0.25, 0.3) is 15.9 Å². The molecule has 0 bridgehead atoms. The zero-order valence-corrected chi connectivity index (χ0v) is 18.1. The van der Waals surface area contributed by atoms with E-state index in [0.717, 1.165) is 11.1 Å². The van der Waals surface area contributed by atoms with Crippen molar-refractivity contribution in [2.24, 2.45) is 0 Å². The number of benzene rings is 3. The summed E-state index contributed by atoms with van der Waals surface area (Å²) >= 11 is 0. The summed E-state index contributed by atoms with van der Waals surface area (Å²) in [6.45, 7) is 3.74. The Labute approximate surface area is 181 Å². The first-order valence-corrected chi connectivity index (χ1v) is 10.9. The summed E-state index contributed by atoms with van der Waals surface area (Å²) < 4.78 is 33.0. The maximum atomic E-state index is 12.9. The van der Waals surface area contributed by atoms with E-state index in [1.807, 2.05) is 26.0 Å². The van der Waals surface area contributed by atoms with Gasteiger partial charge in [0.05, 0.1) is 28.9 Å². The molecule has 1 amide bonds. The van der Waals surface area contributed by atoms with Crippen LogP contribution < -0.4 is 10.0 Å². The van der Waals surface area contributed by atoms with Crippen molar-refractivity contribution < 1.29 is 22.7 Å². The fraction of sp³-hybridized carbons (Fsp3) is 0.130. The van der Waals surface area contributed by atoms with Crippen LogP contribution in [-0.4, -0.2) is 27.4 Å². The minimum absolute atomic E-state index is 0.0543. The predicted molar refractivity (Wildman–Crippen MR) is 119 cm³/mol. The Balaban J connectivity index is 1.86. The van der Waals surface area contributed by atoms with Gasteiger partial charge in [-0.15, -0.1) is 0 Å². The molecule has 0 unspecified atom stereocenters. The first-order valence-electron chi connectivity index (χ1n) is 9.40. The molecule has 0 atom stereocenters. The van der Waals surface area contributed by atoms with Crippen LogP contribution in [-0.2, 0) is 14.8 Å². The van der Waals surface area contributed by atoms with E-state index in [9.17, 15) is 18.0 Å². The summed E-state index contributed by atoms with van der Waals surface area (Å²) in [5, 5.41) is 2.63. The first-order chi connectivity index (χ1) is 14.7. The van der Waals surface area contributed by atoms with Crippen molar-refractivity contribution in [2.45, 2.75) is 18.7 Å². The number of anilines is 2. The lowest BCUT2D eigenvalue weighted by Crippen LogP contribution is -2.17. The van der Waals surface area contributed by atoms with Crippen molar-refractivity contribution in [1.82, 2.24) is 0 Å². The summed E-state index contributed by atoms with van der Waals surface area (Å²) in [5.74, 6) is -1.15. The van der Waals surface area contributed by atoms with Gasteiger partial charge >= 0.3 is 5.97 Å². The molecule has 8 heteroatoms. The van der Waals surface area contributed by atoms with Crippen LogP contribution in [0.1, 0.15) is 31.8 Å². The van der Waals surface area contributed by atoms with Crippen molar-refractivity contribution in [1.29, 1.82) is 0 Å². The number of nitrogens with one attached hydrogen (secondary N) is 2. The molecule has 0 aliphatic carbocycles. The monoisotopic (exact) mass is 438 g/mol. The molecule has 0 fully saturated rings. The van der Waals surface area contributed by atoms with E-state index in [2.05, 4.69) is 10.0 Å². The van der Waals surface area contributed by atoms with Crippen LogP contribution in [0.3, 0.4) is 0 Å². The Morgan fingerprint density at radius 1 is 0.871 bits per heavy atom. The number of amides is 1. The van der Waals surface area contributed by atoms with Gasteiger partial charge in [-0.2, -0.15) is 0 Å². The van der Waals surface area contributed by atoms with Gasteiger partial charge < -0.3 is 10.1 Å². The van der Waals surface area contributed by atoms with Crippen LogP contribution >= 0.6 is 0 Å². The van der Waals surface area contributed by atoms with Crippen LogP contribution in [0.4, 0.5) is 11.4 Å². The second-order valence-electron chi connectivity index (χ2n) is 6.94. The molecule has 0 saturated carbocycles. The number of carbonyl (C=O) groups is 2. The molecule has 31 heavy (non-hydrogen) atoms. The second kappa shape index (κ2) is 9.01. The number of hydrogen-bond donors (Lipinski definition) is 2. The highest BCUT2D eigenvalue weighted by Crippen LogP contribution is 2.22. The molecule has 0 radical (unpaired) electrons. The normalized spacial score (nSPS) is 10.9. The zero-order valence-electron chi connectivity index (χ0n) is 17.3. The summed E-state index contributed by atoms with van der Waals surface area (Å²) in [7, 11) is -2.66. The van der Waals surface area contributed by atoms with Gasteiger partial charge in [0, 0.05) is 5.56 Å². The van der Waals surface area contributed by atoms with Crippen LogP contribution in [0.25, 0.3) is 0 Å². The molecule has 7 nitrogen and oxygen atoms in total. The van der Waals surface area contributed by atoms with Crippen LogP contribution in [0.15, 0.2) is 71.6 Å². The standard InChI is InChI=1S/C23H22N2O5S/c1-15-11-12-20(16(2)13-15)25-31(28,29)18-8-6-7-17(14-18)22(26)24-21-10-5-4-9-19(21)23(27)30-3/h4-14,25H,1-3H3,(H,24,26). The molecule has 3 rings (SSSR count). The van der Waals surface area contributed by atoms with Crippen molar-refractivity contribution in [3.05, 3.63) is 89.0 Å². The fourth-order valence-corrected chi connectivity index (χ4v) is 4.19. The highest BCUT2D eigenvalue weighted by molar-refractivity contribution is 7.92. The number of methoxy groups -OCH3 is 1. The fourth-order valence-electron chi connectivity index (χ4n) is 3.01. The van der Waals surface area contributed by atoms with Gasteiger partial charge in [-0.25, -0.2) is 13.2 Å². The van der Waals surface area contributed by atoms with Gasteiger partial charge in [-0.3, -0.25) is 9.52 Å². The third kappa shape index (κ3) is 5.10. The molecular weight excluding hydrogens is 416 g/mol. The largest absolute Gasteiger partial charge is 0.465 e. The lowest BCUT2D eigenvalue weighted by molar-refractivity contribution is 0.0602. The molecule has 3 aromatic rings. The van der Waals surface area contributed by atoms with Crippen molar-refractivity contribution in [3.8, 4) is 0 Å². The van der Waals surface area contributed by atoms with Crippen molar-refractivity contribution in [3.63, 3.8) is 0 Å². The highest BCUT2D eigenvalue weighted by atomic mass is 32.2. The molecule has 0 spiro atoms. The lowest BCUT2D eigenvalue weighted by Gasteiger charge is -2.13. The van der Waals surface area contributed by atoms with E-state index in [0.29, 0.717) is 5.69 Å². The maximum Gasteiger partial charge on any atom is 0.339 e. The average molecular weight is 439 g/mol. The molecule has 3 aromatic carbocycles. The number of ether oxygens (including phenoxy) is 1. The third-order valence-electron chi connectivity index (χ3n) is 4.61. The molecule has 160 valence electrons. The van der Waals surface area contributed by atoms with Gasteiger partial charge in [0.15, 0.2) is 0 Å². The number of carbonyl (C=O) groups excluding carboxylic acids is 2. The molecule has 0 aromatic heterocycles. The summed E-state index contributed by atoms with van der Waals surface area (Å²) in [6, 6.07) is 17.4. The van der Waals surface area contributed by atoms with E-state index >= 15 is 0 Å². The number of sulfonamides is 1. The molecular formula is C23H22N2O5S. The second-order valence-corrected chi connectivity index (χ2v) is 8.63. The smallest absolute Gasteiger partial charge is 0.339 e. The third-order valence-corrected chi connectivity index (χ3v) is 5.98. The van der Waals surface area contributed by atoms with Gasteiger partial charge in [-0.1, -0.05) is 35.9 Å². The molecule has 2 N–H and O–H groups in total. The molecule has 0 aliphatic heterocycles. The SMILES string of the molecule is COC(=O)c1ccccc1NC(=O)c1cccc(S(=O)(=O)Nc2ccc(C)cc2C)c1. The summed E-state index contributed by atoms with van der Waals surface area (Å²) in [5.41, 5.74) is 2.86. The van der Waals surface area contributed by atoms with Crippen LogP contribution in [0.5, 0.6) is 0 Å². The number of rotatable bonds is 6. The van der Waals surface area contributed by atoms with Crippen LogP contribution in [0, 0.1) is 13.8 Å². The Bertz CT molecular complexity index is 1250. The number of esters is 1. The highest BCUT2D eigenvalue weighted by Gasteiger charge is 2.19.